The molecule has 1 atom stereocenters. The van der Waals surface area contributed by atoms with E-state index in [1.807, 2.05) is 6.20 Å². The highest BCUT2D eigenvalue weighted by atomic mass is 15.0. The predicted molar refractivity (Wildman–Crippen MR) is 82.6 cm³/mol. The molecule has 2 aliphatic rings. The first-order valence-corrected chi connectivity index (χ1v) is 7.98. The van der Waals surface area contributed by atoms with Crippen molar-refractivity contribution in [2.24, 2.45) is 5.92 Å². The van der Waals surface area contributed by atoms with Crippen LogP contribution in [0.1, 0.15) is 44.1 Å². The molecule has 1 aromatic carbocycles. The van der Waals surface area contributed by atoms with Crippen LogP contribution in [0.15, 0.2) is 36.7 Å². The van der Waals surface area contributed by atoms with E-state index in [1.165, 1.54) is 54.9 Å². The number of benzene rings is 1. The van der Waals surface area contributed by atoms with Crippen molar-refractivity contribution in [1.29, 1.82) is 0 Å². The molecule has 1 N–H and O–H groups in total. The van der Waals surface area contributed by atoms with Gasteiger partial charge in [-0.05, 0) is 49.1 Å². The maximum Gasteiger partial charge on any atom is 0.0484 e. The number of nitrogens with zero attached hydrogens (tertiary/aromatic N) is 1. The van der Waals surface area contributed by atoms with Gasteiger partial charge in [-0.3, -0.25) is 4.98 Å². The van der Waals surface area contributed by atoms with Gasteiger partial charge < -0.3 is 5.32 Å². The van der Waals surface area contributed by atoms with Crippen molar-refractivity contribution in [3.8, 4) is 0 Å². The van der Waals surface area contributed by atoms with Crippen molar-refractivity contribution in [2.75, 3.05) is 6.54 Å². The van der Waals surface area contributed by atoms with E-state index in [2.05, 4.69) is 40.8 Å². The van der Waals surface area contributed by atoms with Crippen LogP contribution in [-0.2, 0) is 5.54 Å². The van der Waals surface area contributed by atoms with Gasteiger partial charge in [-0.15, -0.1) is 0 Å². The van der Waals surface area contributed by atoms with E-state index in [0.717, 1.165) is 12.5 Å². The van der Waals surface area contributed by atoms with Crippen LogP contribution >= 0.6 is 0 Å². The monoisotopic (exact) mass is 266 g/mol. The lowest BCUT2D eigenvalue weighted by atomic mass is 9.80. The fourth-order valence-electron chi connectivity index (χ4n) is 3.95. The summed E-state index contributed by atoms with van der Waals surface area (Å²) in [7, 11) is 0. The molecule has 2 aromatic rings. The first-order valence-electron chi connectivity index (χ1n) is 7.98. The molecule has 4 rings (SSSR count). The van der Waals surface area contributed by atoms with Crippen LogP contribution in [0.2, 0.25) is 0 Å². The summed E-state index contributed by atoms with van der Waals surface area (Å²) in [5.41, 5.74) is 1.63. The summed E-state index contributed by atoms with van der Waals surface area (Å²) < 4.78 is 0. The van der Waals surface area contributed by atoms with Crippen LogP contribution in [0.3, 0.4) is 0 Å². The summed E-state index contributed by atoms with van der Waals surface area (Å²) in [6.45, 7) is 1.15. The van der Waals surface area contributed by atoms with Gasteiger partial charge in [0.2, 0.25) is 0 Å². The van der Waals surface area contributed by atoms with Crippen molar-refractivity contribution < 1.29 is 0 Å². The molecule has 1 saturated heterocycles. The standard InChI is InChI=1S/C18H22N2/c1-4-10-18(15-8-9-15,20-11-5-1)17-13-19-12-14-6-2-3-7-16(14)17/h2-3,6-7,12-13,15,20H,1,4-5,8-11H2. The largest absolute Gasteiger partial charge is 0.307 e. The molecule has 20 heavy (non-hydrogen) atoms. The Kier molecular flexibility index (Phi) is 2.99. The molecule has 0 spiro atoms. The molecule has 1 aliphatic carbocycles. The summed E-state index contributed by atoms with van der Waals surface area (Å²) in [6.07, 6.45) is 12.1. The van der Waals surface area contributed by atoms with E-state index in [4.69, 9.17) is 0 Å². The van der Waals surface area contributed by atoms with E-state index in [1.54, 1.807) is 0 Å². The van der Waals surface area contributed by atoms with Gasteiger partial charge in [-0.2, -0.15) is 0 Å². The summed E-state index contributed by atoms with van der Waals surface area (Å²) in [5, 5.41) is 6.59. The molecule has 2 heteroatoms. The van der Waals surface area contributed by atoms with Gasteiger partial charge in [0.25, 0.3) is 0 Å². The minimum absolute atomic E-state index is 0.185. The minimum Gasteiger partial charge on any atom is -0.307 e. The minimum atomic E-state index is 0.185. The number of hydrogen-bond acceptors (Lipinski definition) is 2. The maximum absolute atomic E-state index is 4.53. The maximum atomic E-state index is 4.53. The van der Waals surface area contributed by atoms with Crippen LogP contribution in [0.4, 0.5) is 0 Å². The third-order valence-corrected chi connectivity index (χ3v) is 5.11. The Bertz CT molecular complexity index is 602. The number of rotatable bonds is 2. The molecule has 2 heterocycles. The third-order valence-electron chi connectivity index (χ3n) is 5.11. The molecule has 1 saturated carbocycles. The molecule has 1 aliphatic heterocycles. The molecule has 0 bridgehead atoms. The summed E-state index contributed by atoms with van der Waals surface area (Å²) in [5.74, 6) is 0.813. The Balaban J connectivity index is 1.89. The van der Waals surface area contributed by atoms with E-state index < -0.39 is 0 Å². The van der Waals surface area contributed by atoms with Crippen molar-refractivity contribution in [3.63, 3.8) is 0 Å². The van der Waals surface area contributed by atoms with Gasteiger partial charge in [0.05, 0.1) is 0 Å². The Hall–Kier alpha value is -1.41. The van der Waals surface area contributed by atoms with Crippen LogP contribution in [-0.4, -0.2) is 11.5 Å². The van der Waals surface area contributed by atoms with E-state index in [9.17, 15) is 0 Å². The fourth-order valence-corrected chi connectivity index (χ4v) is 3.95. The zero-order valence-electron chi connectivity index (χ0n) is 11.9. The van der Waals surface area contributed by atoms with Crippen molar-refractivity contribution >= 4 is 10.8 Å². The molecule has 0 radical (unpaired) electrons. The molecule has 1 unspecified atom stereocenters. The second-order valence-corrected chi connectivity index (χ2v) is 6.39. The molecular weight excluding hydrogens is 244 g/mol. The molecule has 104 valence electrons. The number of hydrogen-bond donors (Lipinski definition) is 1. The highest BCUT2D eigenvalue weighted by Gasteiger charge is 2.46. The van der Waals surface area contributed by atoms with Crippen LogP contribution < -0.4 is 5.32 Å². The Morgan fingerprint density at radius 3 is 2.85 bits per heavy atom. The molecule has 0 amide bonds. The second kappa shape index (κ2) is 4.85. The molecular formula is C18H22N2. The van der Waals surface area contributed by atoms with Crippen LogP contribution in [0.5, 0.6) is 0 Å². The average Bonchev–Trinajstić information content (AvgIpc) is 3.33. The number of nitrogens with one attached hydrogen (secondary N) is 1. The second-order valence-electron chi connectivity index (χ2n) is 6.39. The smallest absolute Gasteiger partial charge is 0.0484 e. The SMILES string of the molecule is c1ccc2c(C3(C4CC4)CCCCCN3)cncc2c1. The van der Waals surface area contributed by atoms with Crippen LogP contribution in [0, 0.1) is 5.92 Å². The molecule has 2 nitrogen and oxygen atoms in total. The summed E-state index contributed by atoms with van der Waals surface area (Å²) in [4.78, 5) is 4.53. The lowest BCUT2D eigenvalue weighted by molar-refractivity contribution is 0.281. The quantitative estimate of drug-likeness (QED) is 0.888. The highest BCUT2D eigenvalue weighted by molar-refractivity contribution is 5.85. The van der Waals surface area contributed by atoms with Gasteiger partial charge in [-0.1, -0.05) is 37.1 Å². The van der Waals surface area contributed by atoms with Gasteiger partial charge >= 0.3 is 0 Å². The topological polar surface area (TPSA) is 24.9 Å². The third kappa shape index (κ3) is 1.94. The highest BCUT2D eigenvalue weighted by Crippen LogP contribution is 2.50. The Morgan fingerprint density at radius 2 is 1.95 bits per heavy atom. The summed E-state index contributed by atoms with van der Waals surface area (Å²) >= 11 is 0. The number of pyridine rings is 1. The predicted octanol–water partition coefficient (Wildman–Crippen LogP) is 4.00. The molecule has 1 aromatic heterocycles. The van der Waals surface area contributed by atoms with Crippen molar-refractivity contribution in [3.05, 3.63) is 42.2 Å². The Morgan fingerprint density at radius 1 is 1.05 bits per heavy atom. The number of fused-ring (bicyclic) bond motifs is 1. The van der Waals surface area contributed by atoms with Gasteiger partial charge in [0.15, 0.2) is 0 Å². The zero-order chi connectivity index (χ0) is 13.4. The lowest BCUT2D eigenvalue weighted by Gasteiger charge is -2.35. The Labute approximate surface area is 120 Å². The van der Waals surface area contributed by atoms with Crippen LogP contribution in [0.25, 0.3) is 10.8 Å². The normalized spacial score (nSPS) is 27.4. The van der Waals surface area contributed by atoms with E-state index >= 15 is 0 Å². The average molecular weight is 266 g/mol. The zero-order valence-corrected chi connectivity index (χ0v) is 11.9. The van der Waals surface area contributed by atoms with Gasteiger partial charge in [0.1, 0.15) is 0 Å². The van der Waals surface area contributed by atoms with Crippen molar-refractivity contribution in [1.82, 2.24) is 10.3 Å². The van der Waals surface area contributed by atoms with Gasteiger partial charge in [-0.25, -0.2) is 0 Å². The van der Waals surface area contributed by atoms with E-state index in [0.29, 0.717) is 0 Å². The first kappa shape index (κ1) is 12.3. The fraction of sp³-hybridized carbons (Fsp3) is 0.500. The van der Waals surface area contributed by atoms with Gasteiger partial charge in [0, 0.05) is 23.3 Å². The van der Waals surface area contributed by atoms with Crippen molar-refractivity contribution in [2.45, 2.75) is 44.1 Å². The first-order chi connectivity index (χ1) is 9.90. The lowest BCUT2D eigenvalue weighted by Crippen LogP contribution is -2.44. The van der Waals surface area contributed by atoms with E-state index in [-0.39, 0.29) is 5.54 Å². The number of aromatic nitrogens is 1. The molecule has 2 fully saturated rings. The summed E-state index contributed by atoms with van der Waals surface area (Å²) in [6, 6.07) is 8.72.